The summed E-state index contributed by atoms with van der Waals surface area (Å²) in [6.45, 7) is 0.982. The molecule has 1 aliphatic heterocycles. The van der Waals surface area contributed by atoms with Crippen LogP contribution in [0.4, 0.5) is 0 Å². The molecular weight excluding hydrogens is 150 g/mol. The van der Waals surface area contributed by atoms with E-state index in [-0.39, 0.29) is 0 Å². The van der Waals surface area contributed by atoms with Crippen molar-refractivity contribution >= 4 is 0 Å². The smallest absolute Gasteiger partial charge is 0.0689 e. The molecule has 0 aromatic carbocycles. The maximum Gasteiger partial charge on any atom is 0.0689 e. The van der Waals surface area contributed by atoms with Crippen molar-refractivity contribution in [3.8, 4) is 0 Å². The highest BCUT2D eigenvalue weighted by molar-refractivity contribution is 5.16. The molecule has 12 heavy (non-hydrogen) atoms. The molecule has 2 N–H and O–H groups in total. The molecule has 0 bridgehead atoms. The van der Waals surface area contributed by atoms with Gasteiger partial charge in [-0.1, -0.05) is 6.42 Å². The first kappa shape index (κ1) is 7.34. The third kappa shape index (κ3) is 0.647. The molecule has 3 unspecified atom stereocenters. The molecule has 68 valence electrons. The second-order valence-electron chi connectivity index (χ2n) is 4.71. The lowest BCUT2D eigenvalue weighted by molar-refractivity contribution is -0.229. The minimum Gasteiger partial charge on any atom is -0.377 e. The fourth-order valence-corrected chi connectivity index (χ4v) is 3.46. The average Bonchev–Trinajstić information content (AvgIpc) is 2.01. The van der Waals surface area contributed by atoms with Gasteiger partial charge in [0.15, 0.2) is 0 Å². The Bertz CT molecular complexity index is 200. The highest BCUT2D eigenvalue weighted by atomic mass is 16.5. The van der Waals surface area contributed by atoms with Gasteiger partial charge in [0.25, 0.3) is 0 Å². The molecule has 3 aliphatic rings. The third-order valence-corrected chi connectivity index (χ3v) is 4.34. The van der Waals surface area contributed by atoms with Gasteiger partial charge in [0.1, 0.15) is 0 Å². The predicted octanol–water partition coefficient (Wildman–Crippen LogP) is 1.29. The molecule has 2 nitrogen and oxygen atoms in total. The molecule has 1 spiro atoms. The van der Waals surface area contributed by atoms with Gasteiger partial charge in [-0.2, -0.15) is 0 Å². The van der Waals surface area contributed by atoms with Crippen LogP contribution in [0, 0.1) is 11.3 Å². The molecule has 0 radical (unpaired) electrons. The second kappa shape index (κ2) is 2.24. The fourth-order valence-electron chi connectivity index (χ4n) is 3.46. The zero-order valence-corrected chi connectivity index (χ0v) is 7.46. The van der Waals surface area contributed by atoms with E-state index in [0.29, 0.717) is 23.5 Å². The molecule has 2 aliphatic carbocycles. The molecule has 0 aromatic rings. The van der Waals surface area contributed by atoms with Gasteiger partial charge in [-0.3, -0.25) is 0 Å². The van der Waals surface area contributed by atoms with Gasteiger partial charge in [0.2, 0.25) is 0 Å². The summed E-state index contributed by atoms with van der Waals surface area (Å²) in [6, 6.07) is 0.469. The van der Waals surface area contributed by atoms with Crippen LogP contribution in [0.1, 0.15) is 32.1 Å². The molecule has 1 heterocycles. The van der Waals surface area contributed by atoms with Crippen molar-refractivity contribution in [2.75, 3.05) is 6.61 Å². The van der Waals surface area contributed by atoms with Gasteiger partial charge in [-0.05, 0) is 25.7 Å². The first-order valence-corrected chi connectivity index (χ1v) is 5.22. The van der Waals surface area contributed by atoms with Gasteiger partial charge >= 0.3 is 0 Å². The SMILES string of the molecule is NC1C2CCCOC2C12CCC2. The normalized spacial score (nSPS) is 49.2. The van der Waals surface area contributed by atoms with E-state index in [0.717, 1.165) is 6.61 Å². The Kier molecular flexibility index (Phi) is 1.37. The van der Waals surface area contributed by atoms with E-state index >= 15 is 0 Å². The minimum atomic E-state index is 0.449. The number of nitrogens with two attached hydrogens (primary N) is 1. The number of rotatable bonds is 0. The quantitative estimate of drug-likeness (QED) is 0.590. The lowest BCUT2D eigenvalue weighted by atomic mass is 9.45. The zero-order valence-electron chi connectivity index (χ0n) is 7.46. The molecule has 0 aromatic heterocycles. The highest BCUT2D eigenvalue weighted by Gasteiger charge is 2.63. The van der Waals surface area contributed by atoms with Crippen LogP contribution >= 0.6 is 0 Å². The number of hydrogen-bond acceptors (Lipinski definition) is 2. The van der Waals surface area contributed by atoms with Gasteiger partial charge in [0.05, 0.1) is 6.10 Å². The van der Waals surface area contributed by atoms with Crippen LogP contribution in [0.15, 0.2) is 0 Å². The van der Waals surface area contributed by atoms with E-state index in [1.807, 2.05) is 0 Å². The summed E-state index contributed by atoms with van der Waals surface area (Å²) in [5.74, 6) is 0.707. The fraction of sp³-hybridized carbons (Fsp3) is 1.00. The average molecular weight is 167 g/mol. The van der Waals surface area contributed by atoms with Gasteiger partial charge < -0.3 is 10.5 Å². The minimum absolute atomic E-state index is 0.449. The molecule has 2 heteroatoms. The van der Waals surface area contributed by atoms with Crippen molar-refractivity contribution < 1.29 is 4.74 Å². The first-order chi connectivity index (χ1) is 5.84. The summed E-state index contributed by atoms with van der Waals surface area (Å²) in [6.07, 6.45) is 7.12. The second-order valence-corrected chi connectivity index (χ2v) is 4.71. The van der Waals surface area contributed by atoms with Crippen molar-refractivity contribution in [3.63, 3.8) is 0 Å². The van der Waals surface area contributed by atoms with Crippen LogP contribution in [0.3, 0.4) is 0 Å². The summed E-state index contributed by atoms with van der Waals surface area (Å²) in [5, 5.41) is 0. The molecular formula is C10H17NO. The number of fused-ring (bicyclic) bond motifs is 2. The Morgan fingerprint density at radius 2 is 2.08 bits per heavy atom. The lowest BCUT2D eigenvalue weighted by Gasteiger charge is -2.65. The van der Waals surface area contributed by atoms with Crippen molar-refractivity contribution in [2.24, 2.45) is 17.1 Å². The Balaban J connectivity index is 1.80. The van der Waals surface area contributed by atoms with Crippen molar-refractivity contribution in [2.45, 2.75) is 44.2 Å². The largest absolute Gasteiger partial charge is 0.377 e. The molecule has 1 saturated heterocycles. The van der Waals surface area contributed by atoms with E-state index in [2.05, 4.69) is 0 Å². The highest BCUT2D eigenvalue weighted by Crippen LogP contribution is 2.61. The maximum atomic E-state index is 6.19. The molecule has 0 amide bonds. The van der Waals surface area contributed by atoms with Crippen LogP contribution in [-0.4, -0.2) is 18.8 Å². The van der Waals surface area contributed by atoms with Crippen molar-refractivity contribution in [3.05, 3.63) is 0 Å². The third-order valence-electron chi connectivity index (χ3n) is 4.34. The van der Waals surface area contributed by atoms with Gasteiger partial charge in [-0.15, -0.1) is 0 Å². The van der Waals surface area contributed by atoms with E-state index in [4.69, 9.17) is 10.5 Å². The van der Waals surface area contributed by atoms with E-state index in [9.17, 15) is 0 Å². The predicted molar refractivity (Wildman–Crippen MR) is 46.7 cm³/mol. The van der Waals surface area contributed by atoms with Crippen LogP contribution in [-0.2, 0) is 4.74 Å². The monoisotopic (exact) mass is 167 g/mol. The molecule has 2 saturated carbocycles. The molecule has 3 atom stereocenters. The van der Waals surface area contributed by atoms with Crippen LogP contribution < -0.4 is 5.73 Å². The Morgan fingerprint density at radius 1 is 1.25 bits per heavy atom. The van der Waals surface area contributed by atoms with Gasteiger partial charge in [-0.25, -0.2) is 0 Å². The number of hydrogen-bond donors (Lipinski definition) is 1. The topological polar surface area (TPSA) is 35.2 Å². The maximum absolute atomic E-state index is 6.19. The summed E-state index contributed by atoms with van der Waals surface area (Å²) in [4.78, 5) is 0. The molecule has 3 fully saturated rings. The van der Waals surface area contributed by atoms with Crippen molar-refractivity contribution in [1.82, 2.24) is 0 Å². The summed E-state index contributed by atoms with van der Waals surface area (Å²) in [5.41, 5.74) is 6.64. The summed E-state index contributed by atoms with van der Waals surface area (Å²) < 4.78 is 5.83. The van der Waals surface area contributed by atoms with Crippen LogP contribution in [0.2, 0.25) is 0 Å². The van der Waals surface area contributed by atoms with Crippen molar-refractivity contribution in [1.29, 1.82) is 0 Å². The Morgan fingerprint density at radius 3 is 2.75 bits per heavy atom. The van der Waals surface area contributed by atoms with Crippen LogP contribution in [0.5, 0.6) is 0 Å². The van der Waals surface area contributed by atoms with E-state index < -0.39 is 0 Å². The summed E-state index contributed by atoms with van der Waals surface area (Å²) >= 11 is 0. The Labute approximate surface area is 73.5 Å². The molecule has 3 rings (SSSR count). The van der Waals surface area contributed by atoms with E-state index in [1.54, 1.807) is 0 Å². The zero-order chi connectivity index (χ0) is 8.18. The first-order valence-electron chi connectivity index (χ1n) is 5.22. The standard InChI is InChI=1S/C10H17NO/c11-8-7-3-1-6-12-9(7)10(8)4-2-5-10/h7-9H,1-6,11H2. The Hall–Kier alpha value is -0.0800. The van der Waals surface area contributed by atoms with E-state index in [1.165, 1.54) is 32.1 Å². The number of ether oxygens (including phenoxy) is 1. The summed E-state index contributed by atoms with van der Waals surface area (Å²) in [7, 11) is 0. The lowest BCUT2D eigenvalue weighted by Crippen LogP contribution is -2.72. The van der Waals surface area contributed by atoms with Gasteiger partial charge in [0, 0.05) is 24.0 Å². The van der Waals surface area contributed by atoms with Crippen LogP contribution in [0.25, 0.3) is 0 Å².